The lowest BCUT2D eigenvalue weighted by atomic mass is 9.88. The quantitative estimate of drug-likeness (QED) is 0.875. The summed E-state index contributed by atoms with van der Waals surface area (Å²) in [4.78, 5) is 21.4. The maximum Gasteiger partial charge on any atom is 0.254 e. The second-order valence-electron chi connectivity index (χ2n) is 8.25. The lowest BCUT2D eigenvalue weighted by Gasteiger charge is -2.31. The first-order valence-electron chi connectivity index (χ1n) is 10.4. The summed E-state index contributed by atoms with van der Waals surface area (Å²) >= 11 is 0. The van der Waals surface area contributed by atoms with Crippen LogP contribution in [0.2, 0.25) is 0 Å². The van der Waals surface area contributed by atoms with E-state index in [-0.39, 0.29) is 5.91 Å². The molecule has 0 saturated carbocycles. The van der Waals surface area contributed by atoms with Gasteiger partial charge in [0.1, 0.15) is 0 Å². The van der Waals surface area contributed by atoms with Crippen molar-refractivity contribution >= 4 is 5.91 Å². The molecule has 148 valence electrons. The second-order valence-corrected chi connectivity index (χ2v) is 8.25. The van der Waals surface area contributed by atoms with Gasteiger partial charge in [0.25, 0.3) is 5.91 Å². The summed E-state index contributed by atoms with van der Waals surface area (Å²) in [5.74, 6) is 1.53. The van der Waals surface area contributed by atoms with Gasteiger partial charge in [0.05, 0.1) is 6.54 Å². The van der Waals surface area contributed by atoms with Crippen molar-refractivity contribution in [2.24, 2.45) is 0 Å². The Morgan fingerprint density at radius 3 is 2.86 bits per heavy atom. The van der Waals surface area contributed by atoms with Gasteiger partial charge in [0.15, 0.2) is 5.82 Å². The minimum Gasteiger partial charge on any atom is -0.343 e. The predicted molar refractivity (Wildman–Crippen MR) is 104 cm³/mol. The number of hydrogen-bond donors (Lipinski definition) is 1. The Hall–Kier alpha value is -2.25. The number of nitrogens with one attached hydrogen (secondary N) is 1. The van der Waals surface area contributed by atoms with Gasteiger partial charge in [0.2, 0.25) is 6.39 Å². The van der Waals surface area contributed by atoms with Gasteiger partial charge in [-0.2, -0.15) is 4.98 Å². The highest BCUT2D eigenvalue weighted by Crippen LogP contribution is 2.33. The number of piperidine rings is 2. The highest BCUT2D eigenvalue weighted by atomic mass is 16.5. The van der Waals surface area contributed by atoms with Gasteiger partial charge in [-0.05, 0) is 68.4 Å². The molecule has 2 aromatic rings. The smallest absolute Gasteiger partial charge is 0.254 e. The molecule has 0 aliphatic carbocycles. The number of hydrogen-bond acceptors (Lipinski definition) is 6. The summed E-state index contributed by atoms with van der Waals surface area (Å²) in [5, 5.41) is 7.34. The minimum atomic E-state index is 0.213. The molecule has 0 bridgehead atoms. The lowest BCUT2D eigenvalue weighted by Crippen LogP contribution is -2.46. The van der Waals surface area contributed by atoms with E-state index in [1.54, 1.807) is 0 Å². The normalized spacial score (nSPS) is 23.9. The van der Waals surface area contributed by atoms with Crippen molar-refractivity contribution in [1.82, 2.24) is 25.3 Å². The second kappa shape index (κ2) is 7.64. The van der Waals surface area contributed by atoms with Crippen molar-refractivity contribution in [1.29, 1.82) is 0 Å². The van der Waals surface area contributed by atoms with E-state index >= 15 is 0 Å². The molecule has 1 unspecified atom stereocenters. The van der Waals surface area contributed by atoms with E-state index in [1.807, 2.05) is 0 Å². The molecular formula is C21H27N5O2. The van der Waals surface area contributed by atoms with Gasteiger partial charge in [-0.25, -0.2) is 0 Å². The summed E-state index contributed by atoms with van der Waals surface area (Å²) in [6.07, 6.45) is 5.90. The van der Waals surface area contributed by atoms with E-state index < -0.39 is 0 Å². The summed E-state index contributed by atoms with van der Waals surface area (Å²) in [6, 6.07) is 6.88. The van der Waals surface area contributed by atoms with Crippen molar-refractivity contribution in [3.05, 3.63) is 47.1 Å². The Balaban J connectivity index is 1.23. The van der Waals surface area contributed by atoms with E-state index in [0.717, 1.165) is 76.3 Å². The highest BCUT2D eigenvalue weighted by molar-refractivity contribution is 5.98. The molecule has 1 aromatic heterocycles. The van der Waals surface area contributed by atoms with E-state index in [2.05, 4.69) is 43.5 Å². The molecule has 2 fully saturated rings. The van der Waals surface area contributed by atoms with Gasteiger partial charge in [-0.3, -0.25) is 9.69 Å². The largest absolute Gasteiger partial charge is 0.343 e. The lowest BCUT2D eigenvalue weighted by molar-refractivity contribution is 0.0674. The summed E-state index contributed by atoms with van der Waals surface area (Å²) in [5.41, 5.74) is 3.50. The molecule has 28 heavy (non-hydrogen) atoms. The fraction of sp³-hybridized carbons (Fsp3) is 0.571. The topological polar surface area (TPSA) is 74.5 Å². The van der Waals surface area contributed by atoms with Crippen molar-refractivity contribution in [3.63, 3.8) is 0 Å². The molecule has 7 nitrogen and oxygen atoms in total. The Morgan fingerprint density at radius 1 is 1.21 bits per heavy atom. The number of likely N-dealkylation sites (tertiary alicyclic amines) is 1. The van der Waals surface area contributed by atoms with Crippen LogP contribution in [0.5, 0.6) is 0 Å². The van der Waals surface area contributed by atoms with Crippen LogP contribution in [0.4, 0.5) is 0 Å². The molecule has 0 spiro atoms. The van der Waals surface area contributed by atoms with Gasteiger partial charge < -0.3 is 14.7 Å². The van der Waals surface area contributed by atoms with Crippen molar-refractivity contribution < 1.29 is 9.32 Å². The van der Waals surface area contributed by atoms with Crippen LogP contribution in [0.1, 0.15) is 58.9 Å². The number of aromatic nitrogens is 2. The first-order chi connectivity index (χ1) is 13.8. The molecule has 5 rings (SSSR count). The van der Waals surface area contributed by atoms with Crippen LogP contribution < -0.4 is 5.32 Å². The summed E-state index contributed by atoms with van der Waals surface area (Å²) in [6.45, 7) is 5.59. The molecule has 1 aromatic carbocycles. The molecule has 1 N–H and O–H groups in total. The molecule has 1 amide bonds. The number of amides is 1. The SMILES string of the molecule is O=C1c2ccc(C3CCN(Cc4ncon4)CC3)cc2CN1C1CCCNC1. The van der Waals surface area contributed by atoms with Gasteiger partial charge >= 0.3 is 0 Å². The van der Waals surface area contributed by atoms with Crippen LogP contribution >= 0.6 is 0 Å². The van der Waals surface area contributed by atoms with Crippen LogP contribution in [0.25, 0.3) is 0 Å². The third-order valence-electron chi connectivity index (χ3n) is 6.50. The van der Waals surface area contributed by atoms with Crippen LogP contribution in [-0.4, -0.2) is 58.1 Å². The molecule has 0 radical (unpaired) electrons. The number of fused-ring (bicyclic) bond motifs is 1. The van der Waals surface area contributed by atoms with Gasteiger partial charge in [-0.15, -0.1) is 0 Å². The number of benzene rings is 1. The average molecular weight is 381 g/mol. The Bertz CT molecular complexity index is 823. The third kappa shape index (κ3) is 3.44. The highest BCUT2D eigenvalue weighted by Gasteiger charge is 2.34. The first-order valence-corrected chi connectivity index (χ1v) is 10.4. The average Bonchev–Trinajstić information content (AvgIpc) is 3.37. The monoisotopic (exact) mass is 381 g/mol. The van der Waals surface area contributed by atoms with Crippen molar-refractivity contribution in [2.75, 3.05) is 26.2 Å². The zero-order chi connectivity index (χ0) is 18.9. The standard InChI is InChI=1S/C21H27N5O2/c27-21-19-4-3-16(10-17(19)12-26(21)18-2-1-7-22-11-18)15-5-8-25(9-6-15)13-20-23-14-28-24-20/h3-4,10,14-15,18,22H,1-2,5-9,11-13H2. The maximum absolute atomic E-state index is 12.8. The molecule has 4 heterocycles. The fourth-order valence-corrected chi connectivity index (χ4v) is 4.90. The maximum atomic E-state index is 12.8. The van der Waals surface area contributed by atoms with E-state index in [0.29, 0.717) is 12.0 Å². The van der Waals surface area contributed by atoms with Crippen LogP contribution in [0, 0.1) is 0 Å². The number of carbonyl (C=O) groups is 1. The van der Waals surface area contributed by atoms with E-state index in [1.165, 1.54) is 17.5 Å². The molecule has 2 saturated heterocycles. The minimum absolute atomic E-state index is 0.213. The molecular weight excluding hydrogens is 354 g/mol. The van der Waals surface area contributed by atoms with E-state index in [4.69, 9.17) is 4.52 Å². The van der Waals surface area contributed by atoms with Crippen molar-refractivity contribution in [3.8, 4) is 0 Å². The molecule has 3 aliphatic rings. The summed E-state index contributed by atoms with van der Waals surface area (Å²) in [7, 11) is 0. The van der Waals surface area contributed by atoms with Gasteiger partial charge in [0, 0.05) is 24.7 Å². The predicted octanol–water partition coefficient (Wildman–Crippen LogP) is 2.16. The number of nitrogens with zero attached hydrogens (tertiary/aromatic N) is 4. The van der Waals surface area contributed by atoms with Gasteiger partial charge in [-0.1, -0.05) is 17.3 Å². The molecule has 1 atom stereocenters. The Labute approximate surface area is 165 Å². The van der Waals surface area contributed by atoms with Crippen molar-refractivity contribution in [2.45, 2.75) is 50.7 Å². The van der Waals surface area contributed by atoms with E-state index in [9.17, 15) is 4.79 Å². The number of rotatable bonds is 4. The molecule has 3 aliphatic heterocycles. The third-order valence-corrected chi connectivity index (χ3v) is 6.50. The summed E-state index contributed by atoms with van der Waals surface area (Å²) < 4.78 is 4.83. The zero-order valence-corrected chi connectivity index (χ0v) is 16.1. The fourth-order valence-electron chi connectivity index (χ4n) is 4.90. The van der Waals surface area contributed by atoms with Crippen LogP contribution in [-0.2, 0) is 13.1 Å². The Morgan fingerprint density at radius 2 is 2.11 bits per heavy atom. The molecule has 7 heteroatoms. The van der Waals surface area contributed by atoms with Crippen LogP contribution in [0.3, 0.4) is 0 Å². The Kier molecular flexibility index (Phi) is 4.86. The number of carbonyl (C=O) groups excluding carboxylic acids is 1. The van der Waals surface area contributed by atoms with Crippen LogP contribution in [0.15, 0.2) is 29.1 Å². The first kappa shape index (κ1) is 17.8. The zero-order valence-electron chi connectivity index (χ0n) is 16.1.